The normalized spacial score (nSPS) is 12.5. The van der Waals surface area contributed by atoms with E-state index in [1.54, 1.807) is 7.11 Å². The van der Waals surface area contributed by atoms with Crippen LogP contribution in [-0.4, -0.2) is 23.3 Å². The van der Waals surface area contributed by atoms with Crippen LogP contribution in [-0.2, 0) is 6.54 Å². The van der Waals surface area contributed by atoms with Crippen molar-refractivity contribution in [1.29, 1.82) is 0 Å². The van der Waals surface area contributed by atoms with Crippen molar-refractivity contribution in [3.63, 3.8) is 0 Å². The Balaban J connectivity index is 3.88. The fourth-order valence-corrected chi connectivity index (χ4v) is 16.9. The maximum Gasteiger partial charge on any atom is 0.146 e. The van der Waals surface area contributed by atoms with Crippen molar-refractivity contribution in [2.45, 2.75) is 123 Å². The van der Waals surface area contributed by atoms with Crippen LogP contribution in [0.2, 0.25) is 33.2 Å². The Bertz CT molecular complexity index is 821. The van der Waals surface area contributed by atoms with Gasteiger partial charge in [0.25, 0.3) is 0 Å². The summed E-state index contributed by atoms with van der Waals surface area (Å²) in [5.74, 6) is 8.06. The number of ether oxygens (including phenoxy) is 1. The monoisotopic (exact) mass is 497 g/mol. The summed E-state index contributed by atoms with van der Waals surface area (Å²) in [4.78, 5) is 0. The third-order valence-corrected chi connectivity index (χ3v) is 20.8. The SMILES string of the molecule is COc1cc(C#C[Si](C(C)C)(C(C)C)C(C)C)c(CN)c(C#C[Si](C(C)C)(C(C)C)C(C)C)c1. The maximum absolute atomic E-state index is 6.33. The molecule has 0 saturated heterocycles. The number of benzene rings is 1. The van der Waals surface area contributed by atoms with Gasteiger partial charge in [-0.2, -0.15) is 0 Å². The number of hydrogen-bond acceptors (Lipinski definition) is 2. The van der Waals surface area contributed by atoms with Gasteiger partial charge in [-0.05, 0) is 50.9 Å². The molecule has 0 heterocycles. The molecule has 0 spiro atoms. The molecular formula is C30H51NOSi2. The van der Waals surface area contributed by atoms with Crippen LogP contribution >= 0.6 is 0 Å². The van der Waals surface area contributed by atoms with Crippen LogP contribution in [0.3, 0.4) is 0 Å². The molecule has 0 aliphatic heterocycles. The molecule has 190 valence electrons. The highest BCUT2D eigenvalue weighted by atomic mass is 28.3. The van der Waals surface area contributed by atoms with Gasteiger partial charge in [0.1, 0.15) is 21.9 Å². The summed E-state index contributed by atoms with van der Waals surface area (Å²) in [7, 11) is -1.99. The predicted octanol–water partition coefficient (Wildman–Crippen LogP) is 8.29. The summed E-state index contributed by atoms with van der Waals surface area (Å²) in [5, 5.41) is 0. The van der Waals surface area contributed by atoms with Crippen LogP contribution < -0.4 is 10.5 Å². The van der Waals surface area contributed by atoms with Gasteiger partial charge in [-0.15, -0.1) is 11.1 Å². The van der Waals surface area contributed by atoms with Crippen LogP contribution in [0.4, 0.5) is 0 Å². The van der Waals surface area contributed by atoms with E-state index in [1.807, 2.05) is 0 Å². The number of hydrogen-bond donors (Lipinski definition) is 1. The van der Waals surface area contributed by atoms with Crippen molar-refractivity contribution in [3.8, 4) is 28.7 Å². The summed E-state index contributed by atoms with van der Waals surface area (Å²) in [5.41, 5.74) is 20.6. The lowest BCUT2D eigenvalue weighted by atomic mass is 10.0. The standard InChI is InChI=1S/C30H51NOSi2/c1-21(2)33(22(3)4,23(5)6)16-14-27-18-29(32-13)19-28(30(27)20-31)15-17-34(24(7)8,25(9)10)26(11)12/h18-19,21-26H,20,31H2,1-13H3. The molecule has 0 saturated carbocycles. The summed E-state index contributed by atoms with van der Waals surface area (Å²) in [6, 6.07) is 4.11. The molecule has 0 fully saturated rings. The van der Waals surface area contributed by atoms with E-state index in [0.717, 1.165) is 22.4 Å². The molecule has 1 aromatic carbocycles. The summed E-state index contributed by atoms with van der Waals surface area (Å²) >= 11 is 0. The largest absolute Gasteiger partial charge is 0.497 e. The smallest absolute Gasteiger partial charge is 0.146 e. The molecule has 0 aliphatic carbocycles. The average Bonchev–Trinajstić information content (AvgIpc) is 2.72. The first kappa shape index (κ1) is 30.6. The van der Waals surface area contributed by atoms with Crippen molar-refractivity contribution in [3.05, 3.63) is 28.8 Å². The quantitative estimate of drug-likeness (QED) is 0.289. The Morgan fingerprint density at radius 2 is 0.941 bits per heavy atom. The van der Waals surface area contributed by atoms with Gasteiger partial charge in [0.05, 0.1) is 7.11 Å². The summed E-state index contributed by atoms with van der Waals surface area (Å²) in [6.45, 7) is 28.6. The highest BCUT2D eigenvalue weighted by molar-refractivity contribution is 6.91. The van der Waals surface area contributed by atoms with Gasteiger partial charge < -0.3 is 10.5 Å². The molecule has 34 heavy (non-hydrogen) atoms. The first-order valence-corrected chi connectivity index (χ1v) is 17.7. The average molecular weight is 498 g/mol. The predicted molar refractivity (Wildman–Crippen MR) is 157 cm³/mol. The first-order chi connectivity index (χ1) is 15.7. The van der Waals surface area contributed by atoms with Gasteiger partial charge in [-0.3, -0.25) is 0 Å². The zero-order valence-corrected chi connectivity index (χ0v) is 26.3. The molecule has 0 aliphatic rings. The number of nitrogens with two attached hydrogens (primary N) is 1. The Labute approximate surface area is 213 Å². The Hall–Kier alpha value is -1.47. The second-order valence-electron chi connectivity index (χ2n) is 11.7. The fourth-order valence-electron chi connectivity index (χ4n) is 6.42. The lowest BCUT2D eigenvalue weighted by molar-refractivity contribution is 0.414. The Morgan fingerprint density at radius 1 is 0.647 bits per heavy atom. The van der Waals surface area contributed by atoms with Crippen LogP contribution in [0, 0.1) is 22.9 Å². The van der Waals surface area contributed by atoms with Gasteiger partial charge >= 0.3 is 0 Å². The molecule has 0 radical (unpaired) electrons. The van der Waals surface area contributed by atoms with E-state index < -0.39 is 16.1 Å². The van der Waals surface area contributed by atoms with Crippen molar-refractivity contribution in [2.75, 3.05) is 7.11 Å². The molecule has 2 N–H and O–H groups in total. The van der Waals surface area contributed by atoms with Gasteiger partial charge in [0.2, 0.25) is 0 Å². The summed E-state index contributed by atoms with van der Waals surface area (Å²) in [6.07, 6.45) is 0. The molecule has 1 rings (SSSR count). The molecule has 0 unspecified atom stereocenters. The lowest BCUT2D eigenvalue weighted by Crippen LogP contribution is -2.43. The lowest BCUT2D eigenvalue weighted by Gasteiger charge is -2.38. The Kier molecular flexibility index (Phi) is 11.2. The molecule has 4 heteroatoms. The molecule has 0 atom stereocenters. The molecule has 0 bridgehead atoms. The van der Waals surface area contributed by atoms with E-state index in [0.29, 0.717) is 39.8 Å². The third kappa shape index (κ3) is 6.02. The van der Waals surface area contributed by atoms with Crippen LogP contribution in [0.5, 0.6) is 5.75 Å². The van der Waals surface area contributed by atoms with Crippen molar-refractivity contribution in [1.82, 2.24) is 0 Å². The molecular weight excluding hydrogens is 447 g/mol. The Morgan fingerprint density at radius 3 is 1.15 bits per heavy atom. The van der Waals surface area contributed by atoms with Crippen LogP contribution in [0.15, 0.2) is 12.1 Å². The van der Waals surface area contributed by atoms with E-state index in [2.05, 4.69) is 118 Å². The van der Waals surface area contributed by atoms with E-state index in [4.69, 9.17) is 10.5 Å². The molecule has 0 aromatic heterocycles. The van der Waals surface area contributed by atoms with Crippen LogP contribution in [0.25, 0.3) is 0 Å². The topological polar surface area (TPSA) is 35.2 Å². The van der Waals surface area contributed by atoms with Crippen LogP contribution in [0.1, 0.15) is 99.8 Å². The van der Waals surface area contributed by atoms with Crippen molar-refractivity contribution in [2.24, 2.45) is 5.73 Å². The molecule has 0 amide bonds. The highest BCUT2D eigenvalue weighted by Gasteiger charge is 2.42. The van der Waals surface area contributed by atoms with E-state index in [9.17, 15) is 0 Å². The molecule has 2 nitrogen and oxygen atoms in total. The fraction of sp³-hybridized carbons (Fsp3) is 0.667. The number of methoxy groups -OCH3 is 1. The first-order valence-electron chi connectivity index (χ1n) is 13.2. The summed E-state index contributed by atoms with van der Waals surface area (Å²) < 4.78 is 5.69. The molecule has 1 aromatic rings. The zero-order chi connectivity index (χ0) is 26.4. The minimum absolute atomic E-state index is 0.428. The van der Waals surface area contributed by atoms with Crippen molar-refractivity contribution >= 4 is 16.1 Å². The minimum Gasteiger partial charge on any atom is -0.497 e. The third-order valence-electron chi connectivity index (χ3n) is 8.22. The van der Waals surface area contributed by atoms with Gasteiger partial charge in [-0.1, -0.05) is 94.9 Å². The van der Waals surface area contributed by atoms with E-state index in [1.165, 1.54) is 0 Å². The zero-order valence-electron chi connectivity index (χ0n) is 24.3. The number of rotatable bonds is 8. The maximum atomic E-state index is 6.33. The minimum atomic E-state index is -1.86. The van der Waals surface area contributed by atoms with Gasteiger partial charge in [0, 0.05) is 17.7 Å². The van der Waals surface area contributed by atoms with E-state index in [-0.39, 0.29) is 0 Å². The van der Waals surface area contributed by atoms with E-state index >= 15 is 0 Å². The van der Waals surface area contributed by atoms with Gasteiger partial charge in [-0.25, -0.2) is 0 Å². The second-order valence-corrected chi connectivity index (χ2v) is 22.9. The van der Waals surface area contributed by atoms with Crippen molar-refractivity contribution < 1.29 is 4.74 Å². The second kappa shape index (κ2) is 12.5. The highest BCUT2D eigenvalue weighted by Crippen LogP contribution is 2.42. The van der Waals surface area contributed by atoms with Gasteiger partial charge in [0.15, 0.2) is 0 Å².